The summed E-state index contributed by atoms with van der Waals surface area (Å²) in [5, 5.41) is 13.7. The van der Waals surface area contributed by atoms with E-state index in [0.29, 0.717) is 57.8 Å². The van der Waals surface area contributed by atoms with E-state index >= 15 is 0 Å². The Morgan fingerprint density at radius 2 is 1.66 bits per heavy atom. The Morgan fingerprint density at radius 3 is 2.31 bits per heavy atom. The predicted octanol–water partition coefficient (Wildman–Crippen LogP) is 3.96. The molecule has 0 spiro atoms. The minimum absolute atomic E-state index is 0.0631. The predicted molar refractivity (Wildman–Crippen MR) is 118 cm³/mol. The maximum atomic E-state index is 11.6. The van der Waals surface area contributed by atoms with Crippen molar-refractivity contribution in [3.05, 3.63) is 0 Å². The fourth-order valence-corrected chi connectivity index (χ4v) is 2.88. The van der Waals surface area contributed by atoms with Crippen LogP contribution in [0, 0.1) is 34.3 Å². The largest absolute Gasteiger partial charge is 0.379 e. The van der Waals surface area contributed by atoms with Gasteiger partial charge in [-0.3, -0.25) is 4.79 Å². The average Bonchev–Trinajstić information content (AvgIpc) is 2.66. The van der Waals surface area contributed by atoms with Gasteiger partial charge in [0, 0.05) is 12.3 Å². The highest BCUT2D eigenvalue weighted by Gasteiger charge is 2.09. The minimum Gasteiger partial charge on any atom is -0.379 e. The number of carbonyl (C=O) groups is 1. The van der Waals surface area contributed by atoms with Crippen molar-refractivity contribution in [2.45, 2.75) is 65.2 Å². The molecule has 0 aromatic heterocycles. The number of hydrogen-bond donors (Lipinski definition) is 1. The molecule has 0 aromatic carbocycles. The van der Waals surface area contributed by atoms with Crippen LogP contribution in [0.25, 0.3) is 0 Å². The first-order valence-corrected chi connectivity index (χ1v) is 11.4. The molecule has 0 aromatic rings. The van der Waals surface area contributed by atoms with Gasteiger partial charge in [0.2, 0.25) is 5.91 Å². The first-order valence-electron chi connectivity index (χ1n) is 10.5. The van der Waals surface area contributed by atoms with E-state index in [1.807, 2.05) is 13.8 Å². The number of hydrogen-bond acceptors (Lipinski definition) is 6. The van der Waals surface area contributed by atoms with Crippen LogP contribution in [0.2, 0.25) is 0 Å². The molecule has 1 unspecified atom stereocenters. The quantitative estimate of drug-likeness (QED) is 0.164. The normalized spacial score (nSPS) is 11.8. The molecule has 0 saturated carbocycles. The molecule has 0 bridgehead atoms. The van der Waals surface area contributed by atoms with Crippen LogP contribution in [0.15, 0.2) is 0 Å². The second-order valence-electron chi connectivity index (χ2n) is 7.42. The summed E-state index contributed by atoms with van der Waals surface area (Å²) in [6.07, 6.45) is 4.65. The molecule has 1 amide bonds. The van der Waals surface area contributed by atoms with E-state index in [4.69, 9.17) is 19.5 Å². The summed E-state index contributed by atoms with van der Waals surface area (Å²) < 4.78 is 16.6. The average molecular weight is 427 g/mol. The van der Waals surface area contributed by atoms with Gasteiger partial charge in [0.05, 0.1) is 39.6 Å². The molecule has 0 aliphatic rings. The Hall–Kier alpha value is -1.25. The number of nitrogens with zero attached hydrogens (tertiary/aromatic N) is 1. The molecular weight excluding hydrogens is 388 g/mol. The van der Waals surface area contributed by atoms with Crippen molar-refractivity contribution in [1.29, 1.82) is 5.26 Å². The molecule has 1 N–H and O–H groups in total. The zero-order valence-electron chi connectivity index (χ0n) is 18.5. The smallest absolute Gasteiger partial charge is 0.223 e. The molecule has 166 valence electrons. The molecular formula is C22H38N2O4S. The van der Waals surface area contributed by atoms with Gasteiger partial charge in [-0.2, -0.15) is 5.26 Å². The minimum atomic E-state index is -0.0873. The SMILES string of the molecule is CC(C)C#CCNC(=O)CCOCCOCCOC(CCCCC(C)C)SC#N. The van der Waals surface area contributed by atoms with Crippen LogP contribution < -0.4 is 5.32 Å². The molecule has 0 radical (unpaired) electrons. The van der Waals surface area contributed by atoms with Gasteiger partial charge in [-0.05, 0) is 30.5 Å². The number of thioether (sulfide) groups is 1. The van der Waals surface area contributed by atoms with Crippen molar-refractivity contribution in [2.75, 3.05) is 39.6 Å². The lowest BCUT2D eigenvalue weighted by Gasteiger charge is -2.14. The summed E-state index contributed by atoms with van der Waals surface area (Å²) in [6, 6.07) is 0. The molecule has 0 aliphatic carbocycles. The highest BCUT2D eigenvalue weighted by Crippen LogP contribution is 2.19. The van der Waals surface area contributed by atoms with E-state index in [9.17, 15) is 4.79 Å². The second kappa shape index (κ2) is 20.0. The summed E-state index contributed by atoms with van der Waals surface area (Å²) >= 11 is 1.18. The van der Waals surface area contributed by atoms with Gasteiger partial charge in [-0.25, -0.2) is 0 Å². The van der Waals surface area contributed by atoms with Gasteiger partial charge in [-0.15, -0.1) is 0 Å². The van der Waals surface area contributed by atoms with Crippen molar-refractivity contribution in [2.24, 2.45) is 11.8 Å². The van der Waals surface area contributed by atoms with Gasteiger partial charge < -0.3 is 19.5 Å². The molecule has 0 rings (SSSR count). The number of unbranched alkanes of at least 4 members (excludes halogenated alkanes) is 1. The van der Waals surface area contributed by atoms with E-state index < -0.39 is 0 Å². The fourth-order valence-electron chi connectivity index (χ4n) is 2.31. The van der Waals surface area contributed by atoms with Crippen molar-refractivity contribution < 1.29 is 19.0 Å². The van der Waals surface area contributed by atoms with E-state index in [2.05, 4.69) is 36.4 Å². The Kier molecular flexibility index (Phi) is 19.2. The van der Waals surface area contributed by atoms with Crippen LogP contribution in [0.1, 0.15) is 59.8 Å². The number of nitriles is 1. The maximum absolute atomic E-state index is 11.6. The van der Waals surface area contributed by atoms with Crippen molar-refractivity contribution in [1.82, 2.24) is 5.32 Å². The van der Waals surface area contributed by atoms with Crippen molar-refractivity contribution >= 4 is 17.7 Å². The Labute approximate surface area is 181 Å². The fraction of sp³-hybridized carbons (Fsp3) is 0.818. The monoisotopic (exact) mass is 426 g/mol. The van der Waals surface area contributed by atoms with Gasteiger partial charge in [0.25, 0.3) is 0 Å². The van der Waals surface area contributed by atoms with Crippen molar-refractivity contribution in [3.8, 4) is 17.2 Å². The molecule has 6 nitrogen and oxygen atoms in total. The number of thiocyanates is 1. The lowest BCUT2D eigenvalue weighted by molar-refractivity contribution is -0.122. The zero-order valence-corrected chi connectivity index (χ0v) is 19.3. The third kappa shape index (κ3) is 21.3. The van der Waals surface area contributed by atoms with Crippen molar-refractivity contribution in [3.63, 3.8) is 0 Å². The van der Waals surface area contributed by atoms with Gasteiger partial charge in [0.1, 0.15) is 10.8 Å². The van der Waals surface area contributed by atoms with Crippen LogP contribution >= 0.6 is 11.8 Å². The lowest BCUT2D eigenvalue weighted by Crippen LogP contribution is -2.25. The number of rotatable bonds is 17. The van der Waals surface area contributed by atoms with E-state index in [0.717, 1.165) is 12.8 Å². The summed E-state index contributed by atoms with van der Waals surface area (Å²) in [6.45, 7) is 11.0. The van der Waals surface area contributed by atoms with Crippen LogP contribution in [-0.4, -0.2) is 50.9 Å². The molecule has 1 atom stereocenters. The Bertz CT molecular complexity index is 509. The zero-order chi connectivity index (χ0) is 21.7. The third-order valence-corrected chi connectivity index (χ3v) is 4.54. The van der Waals surface area contributed by atoms with Crippen LogP contribution in [0.3, 0.4) is 0 Å². The number of carbonyl (C=O) groups excluding carboxylic acids is 1. The first-order chi connectivity index (χ1) is 14.0. The summed E-state index contributed by atoms with van der Waals surface area (Å²) in [7, 11) is 0. The van der Waals surface area contributed by atoms with Crippen LogP contribution in [0.4, 0.5) is 0 Å². The number of amides is 1. The summed E-state index contributed by atoms with van der Waals surface area (Å²) in [4.78, 5) is 11.6. The summed E-state index contributed by atoms with van der Waals surface area (Å²) in [5.74, 6) is 6.86. The third-order valence-electron chi connectivity index (χ3n) is 3.80. The maximum Gasteiger partial charge on any atom is 0.223 e. The lowest BCUT2D eigenvalue weighted by atomic mass is 10.1. The second-order valence-corrected chi connectivity index (χ2v) is 8.36. The molecule has 0 saturated heterocycles. The highest BCUT2D eigenvalue weighted by atomic mass is 32.2. The molecule has 0 heterocycles. The van der Waals surface area contributed by atoms with Crippen LogP contribution in [0.5, 0.6) is 0 Å². The number of ether oxygens (including phenoxy) is 3. The van der Waals surface area contributed by atoms with E-state index in [-0.39, 0.29) is 11.3 Å². The summed E-state index contributed by atoms with van der Waals surface area (Å²) in [5.41, 5.74) is -0.0873. The van der Waals surface area contributed by atoms with Gasteiger partial charge >= 0.3 is 0 Å². The highest BCUT2D eigenvalue weighted by molar-refractivity contribution is 8.04. The van der Waals surface area contributed by atoms with Gasteiger partial charge in [-0.1, -0.05) is 52.4 Å². The number of nitrogens with one attached hydrogen (secondary N) is 1. The molecule has 0 aliphatic heterocycles. The van der Waals surface area contributed by atoms with Crippen LogP contribution in [-0.2, 0) is 19.0 Å². The topological polar surface area (TPSA) is 80.6 Å². The van der Waals surface area contributed by atoms with E-state index in [1.54, 1.807) is 0 Å². The molecule has 0 fully saturated rings. The van der Waals surface area contributed by atoms with E-state index in [1.165, 1.54) is 24.6 Å². The van der Waals surface area contributed by atoms with Gasteiger partial charge in [0.15, 0.2) is 0 Å². The Morgan fingerprint density at radius 1 is 1.00 bits per heavy atom. The standard InChI is InChI=1S/C22H38N2O4S/c1-19(2)8-5-6-10-22(29-18-23)28-17-16-27-15-14-26-13-11-21(25)24-12-7-9-20(3)4/h19-20,22H,5-6,8,10-17H2,1-4H3,(H,24,25). The molecule has 29 heavy (non-hydrogen) atoms. The molecule has 7 heteroatoms. The first kappa shape index (κ1) is 27.8. The Balaban J connectivity index is 3.55.